The monoisotopic (exact) mass is 237 g/mol. The number of aromatic nitrogens is 1. The molecule has 0 saturated heterocycles. The van der Waals surface area contributed by atoms with Gasteiger partial charge in [0.15, 0.2) is 0 Å². The van der Waals surface area contributed by atoms with Crippen LogP contribution in [0.1, 0.15) is 21.5 Å². The maximum atomic E-state index is 11.9. The second kappa shape index (κ2) is 5.11. The summed E-state index contributed by atoms with van der Waals surface area (Å²) in [5, 5.41) is 11.6. The third-order valence-electron chi connectivity index (χ3n) is 2.56. The van der Waals surface area contributed by atoms with Crippen molar-refractivity contribution in [2.45, 2.75) is 6.92 Å². The summed E-state index contributed by atoms with van der Waals surface area (Å²) < 4.78 is 0. The van der Waals surface area contributed by atoms with Crippen molar-refractivity contribution in [3.63, 3.8) is 0 Å². The zero-order valence-electron chi connectivity index (χ0n) is 9.84. The molecule has 1 N–H and O–H groups in total. The molecule has 2 rings (SSSR count). The number of carbonyl (C=O) groups excluding carboxylic acids is 1. The van der Waals surface area contributed by atoms with E-state index in [-0.39, 0.29) is 5.91 Å². The highest BCUT2D eigenvalue weighted by molar-refractivity contribution is 6.04. The van der Waals surface area contributed by atoms with Gasteiger partial charge in [-0.05, 0) is 36.8 Å². The fourth-order valence-electron chi connectivity index (χ4n) is 1.52. The summed E-state index contributed by atoms with van der Waals surface area (Å²) in [4.78, 5) is 15.8. The van der Waals surface area contributed by atoms with Gasteiger partial charge < -0.3 is 5.32 Å². The number of nitrogens with one attached hydrogen (secondary N) is 1. The molecule has 88 valence electrons. The Kier molecular flexibility index (Phi) is 3.35. The number of carbonyl (C=O) groups is 1. The van der Waals surface area contributed by atoms with Crippen molar-refractivity contribution < 1.29 is 4.79 Å². The molecule has 4 heteroatoms. The quantitative estimate of drug-likeness (QED) is 0.872. The molecule has 2 aromatic rings. The van der Waals surface area contributed by atoms with Crippen LogP contribution in [0.15, 0.2) is 42.7 Å². The van der Waals surface area contributed by atoms with Gasteiger partial charge in [0.2, 0.25) is 0 Å². The molecule has 18 heavy (non-hydrogen) atoms. The topological polar surface area (TPSA) is 65.8 Å². The van der Waals surface area contributed by atoms with Gasteiger partial charge in [0.1, 0.15) is 0 Å². The van der Waals surface area contributed by atoms with Crippen LogP contribution in [-0.2, 0) is 0 Å². The Morgan fingerprint density at radius 2 is 2.00 bits per heavy atom. The molecule has 0 atom stereocenters. The molecule has 0 fully saturated rings. The van der Waals surface area contributed by atoms with Crippen molar-refractivity contribution in [3.05, 3.63) is 59.4 Å². The van der Waals surface area contributed by atoms with Crippen molar-refractivity contribution in [2.75, 3.05) is 5.32 Å². The normalized spacial score (nSPS) is 9.56. The maximum absolute atomic E-state index is 11.9. The van der Waals surface area contributed by atoms with Crippen LogP contribution >= 0.6 is 0 Å². The summed E-state index contributed by atoms with van der Waals surface area (Å²) in [5.41, 5.74) is 2.62. The van der Waals surface area contributed by atoms with E-state index in [2.05, 4.69) is 10.3 Å². The summed E-state index contributed by atoms with van der Waals surface area (Å²) in [7, 11) is 0. The number of amides is 1. The summed E-state index contributed by atoms with van der Waals surface area (Å²) >= 11 is 0. The molecule has 1 aromatic carbocycles. The third kappa shape index (κ3) is 2.53. The van der Waals surface area contributed by atoms with Gasteiger partial charge in [0, 0.05) is 23.6 Å². The van der Waals surface area contributed by atoms with Crippen LogP contribution < -0.4 is 5.32 Å². The fraction of sp³-hybridized carbons (Fsp3) is 0.0714. The first kappa shape index (κ1) is 11.8. The van der Waals surface area contributed by atoms with E-state index in [1.807, 2.05) is 13.0 Å². The lowest BCUT2D eigenvalue weighted by Crippen LogP contribution is -2.12. The average Bonchev–Trinajstić information content (AvgIpc) is 2.42. The molecule has 0 aliphatic rings. The third-order valence-corrected chi connectivity index (χ3v) is 2.56. The van der Waals surface area contributed by atoms with E-state index in [1.54, 1.807) is 42.7 Å². The highest BCUT2D eigenvalue weighted by atomic mass is 16.1. The van der Waals surface area contributed by atoms with Crippen molar-refractivity contribution in [2.24, 2.45) is 0 Å². The number of hydrogen-bond donors (Lipinski definition) is 1. The molecule has 0 spiro atoms. The molecule has 1 amide bonds. The maximum Gasteiger partial charge on any atom is 0.255 e. The first-order valence-corrected chi connectivity index (χ1v) is 5.43. The first-order chi connectivity index (χ1) is 8.70. The van der Waals surface area contributed by atoms with Gasteiger partial charge in [0.05, 0.1) is 11.6 Å². The lowest BCUT2D eigenvalue weighted by Gasteiger charge is -2.08. The number of benzene rings is 1. The Bertz CT molecular complexity index is 615. The molecule has 1 aromatic heterocycles. The van der Waals surface area contributed by atoms with E-state index in [9.17, 15) is 4.79 Å². The minimum Gasteiger partial charge on any atom is -0.322 e. The van der Waals surface area contributed by atoms with Crippen molar-refractivity contribution >= 4 is 11.6 Å². The molecule has 0 saturated carbocycles. The lowest BCUT2D eigenvalue weighted by atomic mass is 10.1. The molecular formula is C14H11N3O. The predicted molar refractivity (Wildman–Crippen MR) is 68.1 cm³/mol. The van der Waals surface area contributed by atoms with E-state index >= 15 is 0 Å². The van der Waals surface area contributed by atoms with E-state index in [0.717, 1.165) is 5.56 Å². The van der Waals surface area contributed by atoms with Gasteiger partial charge in [-0.3, -0.25) is 9.78 Å². The van der Waals surface area contributed by atoms with E-state index in [1.165, 1.54) is 0 Å². The smallest absolute Gasteiger partial charge is 0.255 e. The number of hydrogen-bond acceptors (Lipinski definition) is 3. The number of rotatable bonds is 2. The number of anilines is 1. The van der Waals surface area contributed by atoms with Crippen LogP contribution in [0.3, 0.4) is 0 Å². The van der Waals surface area contributed by atoms with Crippen molar-refractivity contribution in [1.29, 1.82) is 5.26 Å². The molecule has 0 unspecified atom stereocenters. The van der Waals surface area contributed by atoms with E-state index < -0.39 is 0 Å². The van der Waals surface area contributed by atoms with Gasteiger partial charge in [0.25, 0.3) is 5.91 Å². The van der Waals surface area contributed by atoms with Gasteiger partial charge in [-0.15, -0.1) is 0 Å². The minimum atomic E-state index is -0.212. The van der Waals surface area contributed by atoms with Gasteiger partial charge in [-0.25, -0.2) is 0 Å². The Labute approximate surface area is 105 Å². The zero-order valence-corrected chi connectivity index (χ0v) is 9.84. The number of aryl methyl sites for hydroxylation is 1. The number of nitrogens with zero attached hydrogens (tertiary/aromatic N) is 2. The van der Waals surface area contributed by atoms with Crippen LogP contribution in [0, 0.1) is 18.3 Å². The van der Waals surface area contributed by atoms with Gasteiger partial charge in [-0.2, -0.15) is 5.26 Å². The van der Waals surface area contributed by atoms with Crippen LogP contribution in [0.5, 0.6) is 0 Å². The van der Waals surface area contributed by atoms with E-state index in [0.29, 0.717) is 16.8 Å². The standard InChI is InChI=1S/C14H11N3O/c1-10-2-3-11(9-15)8-13(10)17-14(18)12-4-6-16-7-5-12/h2-8H,1H3,(H,17,18). The predicted octanol–water partition coefficient (Wildman–Crippen LogP) is 2.51. The fourth-order valence-corrected chi connectivity index (χ4v) is 1.52. The van der Waals surface area contributed by atoms with E-state index in [4.69, 9.17) is 5.26 Å². The highest BCUT2D eigenvalue weighted by Gasteiger charge is 2.07. The Balaban J connectivity index is 2.25. The van der Waals surface area contributed by atoms with Crippen LogP contribution in [0.2, 0.25) is 0 Å². The number of pyridine rings is 1. The first-order valence-electron chi connectivity index (χ1n) is 5.43. The van der Waals surface area contributed by atoms with Gasteiger partial charge in [-0.1, -0.05) is 6.07 Å². The molecule has 4 nitrogen and oxygen atoms in total. The largest absolute Gasteiger partial charge is 0.322 e. The van der Waals surface area contributed by atoms with Crippen LogP contribution in [-0.4, -0.2) is 10.9 Å². The van der Waals surface area contributed by atoms with Crippen molar-refractivity contribution in [3.8, 4) is 6.07 Å². The Morgan fingerprint density at radius 3 is 2.67 bits per heavy atom. The molecular weight excluding hydrogens is 226 g/mol. The summed E-state index contributed by atoms with van der Waals surface area (Å²) in [6.45, 7) is 1.88. The van der Waals surface area contributed by atoms with Gasteiger partial charge >= 0.3 is 0 Å². The average molecular weight is 237 g/mol. The molecule has 0 bridgehead atoms. The second-order valence-electron chi connectivity index (χ2n) is 3.83. The molecule has 0 aliphatic heterocycles. The Hall–Kier alpha value is -2.67. The highest BCUT2D eigenvalue weighted by Crippen LogP contribution is 2.17. The summed E-state index contributed by atoms with van der Waals surface area (Å²) in [6, 6.07) is 10.5. The second-order valence-corrected chi connectivity index (χ2v) is 3.83. The molecule has 0 aliphatic carbocycles. The molecule has 1 heterocycles. The Morgan fingerprint density at radius 1 is 1.28 bits per heavy atom. The summed E-state index contributed by atoms with van der Waals surface area (Å²) in [5.74, 6) is -0.212. The summed E-state index contributed by atoms with van der Waals surface area (Å²) in [6.07, 6.45) is 3.13. The minimum absolute atomic E-state index is 0.212. The van der Waals surface area contributed by atoms with Crippen molar-refractivity contribution in [1.82, 2.24) is 4.98 Å². The lowest BCUT2D eigenvalue weighted by molar-refractivity contribution is 0.102. The SMILES string of the molecule is Cc1ccc(C#N)cc1NC(=O)c1ccncc1. The number of nitriles is 1. The molecule has 0 radical (unpaired) electrons. The van der Waals surface area contributed by atoms with Crippen LogP contribution in [0.4, 0.5) is 5.69 Å². The van der Waals surface area contributed by atoms with Crippen LogP contribution in [0.25, 0.3) is 0 Å². The zero-order chi connectivity index (χ0) is 13.0.